The number of aliphatic hydroxyl groups is 1. The first-order valence-electron chi connectivity index (χ1n) is 3.03. The van der Waals surface area contributed by atoms with Crippen molar-refractivity contribution in [1.82, 2.24) is 0 Å². The second-order valence-corrected chi connectivity index (χ2v) is 2.16. The summed E-state index contributed by atoms with van der Waals surface area (Å²) in [6.45, 7) is 0.573. The van der Waals surface area contributed by atoms with Crippen molar-refractivity contribution in [3.05, 3.63) is 0 Å². The lowest BCUT2D eigenvalue weighted by Gasteiger charge is -2.10. The highest BCUT2D eigenvalue weighted by Crippen LogP contribution is 2.10. The average Bonchev–Trinajstić information content (AvgIpc) is 1.87. The van der Waals surface area contributed by atoms with Gasteiger partial charge >= 0.3 is 0 Å². The highest BCUT2D eigenvalue weighted by molar-refractivity contribution is 4.62. The van der Waals surface area contributed by atoms with Crippen molar-refractivity contribution in [3.63, 3.8) is 0 Å². The third-order valence-corrected chi connectivity index (χ3v) is 1.35. The van der Waals surface area contributed by atoms with E-state index in [0.29, 0.717) is 6.42 Å². The monoisotopic (exact) mass is 138 g/mol. The summed E-state index contributed by atoms with van der Waals surface area (Å²) in [5, 5.41) is 8.29. The van der Waals surface area contributed by atoms with Gasteiger partial charge in [-0.3, -0.25) is 0 Å². The zero-order chi connectivity index (χ0) is 7.28. The van der Waals surface area contributed by atoms with Crippen LogP contribution < -0.4 is 0 Å². The summed E-state index contributed by atoms with van der Waals surface area (Å²) in [7, 11) is 0. The van der Waals surface area contributed by atoms with E-state index in [1.165, 1.54) is 0 Å². The molecular weight excluding hydrogens is 126 g/mol. The highest BCUT2D eigenvalue weighted by Gasteiger charge is 2.14. The van der Waals surface area contributed by atoms with Crippen molar-refractivity contribution in [3.8, 4) is 0 Å². The van der Waals surface area contributed by atoms with E-state index in [1.807, 2.05) is 0 Å². The van der Waals surface area contributed by atoms with Gasteiger partial charge in [0.1, 0.15) is 12.8 Å². The minimum atomic E-state index is -1.41. The topological polar surface area (TPSA) is 20.2 Å². The molecule has 3 heteroatoms. The maximum Gasteiger partial charge on any atom is 0.131 e. The van der Waals surface area contributed by atoms with Crippen LogP contribution in [0, 0.1) is 5.92 Å². The molecule has 0 saturated carbocycles. The van der Waals surface area contributed by atoms with Crippen LogP contribution in [0.5, 0.6) is 0 Å². The number of rotatable bonds is 4. The van der Waals surface area contributed by atoms with Crippen LogP contribution in [0.3, 0.4) is 0 Å². The van der Waals surface area contributed by atoms with Crippen LogP contribution in [0.15, 0.2) is 0 Å². The van der Waals surface area contributed by atoms with Crippen LogP contribution in [0.4, 0.5) is 8.78 Å². The van der Waals surface area contributed by atoms with Crippen LogP contribution in [-0.4, -0.2) is 24.6 Å². The normalized spacial score (nSPS) is 17.3. The van der Waals surface area contributed by atoms with Gasteiger partial charge in [0.2, 0.25) is 0 Å². The van der Waals surface area contributed by atoms with E-state index in [-0.39, 0.29) is 12.5 Å². The Kier molecular flexibility index (Phi) is 4.58. The Balaban J connectivity index is 3.32. The summed E-state index contributed by atoms with van der Waals surface area (Å²) in [5.41, 5.74) is 0. The molecule has 0 saturated heterocycles. The minimum Gasteiger partial charge on any atom is -0.396 e. The van der Waals surface area contributed by atoms with E-state index in [1.54, 1.807) is 6.92 Å². The number of aliphatic hydroxyl groups excluding tert-OH is 1. The fourth-order valence-corrected chi connectivity index (χ4v) is 0.537. The smallest absolute Gasteiger partial charge is 0.131 e. The third kappa shape index (κ3) is 3.40. The summed E-state index contributed by atoms with van der Waals surface area (Å²) in [4.78, 5) is 0. The lowest BCUT2D eigenvalue weighted by atomic mass is 10.0. The summed E-state index contributed by atoms with van der Waals surface area (Å²) >= 11 is 0. The van der Waals surface area contributed by atoms with Crippen LogP contribution >= 0.6 is 0 Å². The van der Waals surface area contributed by atoms with Gasteiger partial charge in [0.25, 0.3) is 0 Å². The number of alkyl halides is 2. The van der Waals surface area contributed by atoms with Gasteiger partial charge in [-0.1, -0.05) is 6.92 Å². The molecule has 0 aliphatic carbocycles. The predicted molar refractivity (Wildman–Crippen MR) is 31.7 cm³/mol. The second-order valence-electron chi connectivity index (χ2n) is 2.16. The van der Waals surface area contributed by atoms with Gasteiger partial charge in [0.05, 0.1) is 0 Å². The number of hydrogen-bond donors (Lipinski definition) is 1. The Hall–Kier alpha value is -0.180. The summed E-state index contributed by atoms with van der Waals surface area (Å²) in [6, 6.07) is 0. The van der Waals surface area contributed by atoms with Gasteiger partial charge in [-0.15, -0.1) is 0 Å². The van der Waals surface area contributed by atoms with Gasteiger partial charge in [-0.2, -0.15) is 0 Å². The first kappa shape index (κ1) is 8.82. The van der Waals surface area contributed by atoms with Gasteiger partial charge < -0.3 is 5.11 Å². The van der Waals surface area contributed by atoms with E-state index < -0.39 is 12.8 Å². The van der Waals surface area contributed by atoms with E-state index in [0.717, 1.165) is 0 Å². The van der Waals surface area contributed by atoms with Gasteiger partial charge in [-0.25, -0.2) is 8.78 Å². The van der Waals surface area contributed by atoms with Crippen molar-refractivity contribution in [2.75, 3.05) is 13.3 Å². The fraction of sp³-hybridized carbons (Fsp3) is 1.00. The van der Waals surface area contributed by atoms with Crippen molar-refractivity contribution < 1.29 is 13.9 Å². The maximum atomic E-state index is 12.2. The summed E-state index contributed by atoms with van der Waals surface area (Å²) in [5.74, 6) is -0.361. The lowest BCUT2D eigenvalue weighted by molar-refractivity contribution is 0.159. The van der Waals surface area contributed by atoms with Gasteiger partial charge in [0, 0.05) is 6.61 Å². The Labute approximate surface area is 53.7 Å². The second kappa shape index (κ2) is 4.68. The SMILES string of the molecule is CC(CCO)C(F)CF. The number of hydrogen-bond acceptors (Lipinski definition) is 1. The molecule has 0 rings (SSSR count). The molecule has 0 heterocycles. The molecule has 0 fully saturated rings. The van der Waals surface area contributed by atoms with E-state index >= 15 is 0 Å². The molecule has 0 bridgehead atoms. The molecule has 0 aromatic rings. The van der Waals surface area contributed by atoms with Crippen LogP contribution in [0.1, 0.15) is 13.3 Å². The van der Waals surface area contributed by atoms with Crippen LogP contribution in [0.25, 0.3) is 0 Å². The molecule has 0 aromatic carbocycles. The number of halogens is 2. The maximum absolute atomic E-state index is 12.2. The van der Waals surface area contributed by atoms with Gasteiger partial charge in [0.15, 0.2) is 0 Å². The molecule has 1 nitrogen and oxygen atoms in total. The van der Waals surface area contributed by atoms with Crippen molar-refractivity contribution in [2.24, 2.45) is 5.92 Å². The van der Waals surface area contributed by atoms with Crippen molar-refractivity contribution in [2.45, 2.75) is 19.5 Å². The molecule has 1 N–H and O–H groups in total. The molecule has 2 unspecified atom stereocenters. The quantitative estimate of drug-likeness (QED) is 0.621. The van der Waals surface area contributed by atoms with E-state index in [2.05, 4.69) is 0 Å². The largest absolute Gasteiger partial charge is 0.396 e. The molecule has 0 aromatic heterocycles. The molecule has 9 heavy (non-hydrogen) atoms. The van der Waals surface area contributed by atoms with Crippen LogP contribution in [-0.2, 0) is 0 Å². The first-order valence-corrected chi connectivity index (χ1v) is 3.03. The molecule has 0 aliphatic heterocycles. The lowest BCUT2D eigenvalue weighted by Crippen LogP contribution is -2.15. The minimum absolute atomic E-state index is 0.0679. The molecule has 0 spiro atoms. The molecule has 0 aliphatic rings. The Bertz CT molecular complexity index is 68.1. The molecule has 56 valence electrons. The zero-order valence-corrected chi connectivity index (χ0v) is 5.48. The van der Waals surface area contributed by atoms with Crippen molar-refractivity contribution in [1.29, 1.82) is 0 Å². The van der Waals surface area contributed by atoms with E-state index in [9.17, 15) is 8.78 Å². The highest BCUT2D eigenvalue weighted by atomic mass is 19.2. The third-order valence-electron chi connectivity index (χ3n) is 1.35. The Morgan fingerprint density at radius 1 is 1.56 bits per heavy atom. The predicted octanol–water partition coefficient (Wildman–Crippen LogP) is 1.31. The summed E-state index contributed by atoms with van der Waals surface area (Å²) < 4.78 is 23.7. The molecule has 0 amide bonds. The standard InChI is InChI=1S/C6H12F2O/c1-5(2-3-9)6(8)4-7/h5-6,9H,2-4H2,1H3. The Morgan fingerprint density at radius 3 is 2.44 bits per heavy atom. The molecular formula is C6H12F2O. The summed E-state index contributed by atoms with van der Waals surface area (Å²) in [6.07, 6.45) is -1.07. The van der Waals surface area contributed by atoms with Gasteiger partial charge in [-0.05, 0) is 12.3 Å². The average molecular weight is 138 g/mol. The fourth-order valence-electron chi connectivity index (χ4n) is 0.537. The molecule has 0 radical (unpaired) electrons. The van der Waals surface area contributed by atoms with Crippen molar-refractivity contribution >= 4 is 0 Å². The van der Waals surface area contributed by atoms with E-state index in [4.69, 9.17) is 5.11 Å². The first-order chi connectivity index (χ1) is 4.22. The molecule has 2 atom stereocenters. The zero-order valence-electron chi connectivity index (χ0n) is 5.48. The Morgan fingerprint density at radius 2 is 2.11 bits per heavy atom. The van der Waals surface area contributed by atoms with Crippen LogP contribution in [0.2, 0.25) is 0 Å².